The minimum atomic E-state index is -0.408. The number of nitro benzene ring substituents is 1. The lowest BCUT2D eigenvalue weighted by molar-refractivity contribution is -0.385. The third kappa shape index (κ3) is 4.71. The van der Waals surface area contributed by atoms with Gasteiger partial charge in [-0.15, -0.1) is 0 Å². The molecule has 0 aliphatic rings. The van der Waals surface area contributed by atoms with Gasteiger partial charge in [0.05, 0.1) is 11.5 Å². The molecule has 1 N–H and O–H groups in total. The van der Waals surface area contributed by atoms with Crippen molar-refractivity contribution in [2.24, 2.45) is 0 Å². The van der Waals surface area contributed by atoms with Gasteiger partial charge >= 0.3 is 5.69 Å². The lowest BCUT2D eigenvalue weighted by Gasteiger charge is -2.09. The van der Waals surface area contributed by atoms with Crippen LogP contribution < -0.4 is 10.1 Å². The van der Waals surface area contributed by atoms with E-state index in [-0.39, 0.29) is 5.69 Å². The summed E-state index contributed by atoms with van der Waals surface area (Å²) < 4.78 is 5.45. The second kappa shape index (κ2) is 6.96. The van der Waals surface area contributed by atoms with E-state index in [1.54, 1.807) is 6.07 Å². The van der Waals surface area contributed by atoms with Crippen molar-refractivity contribution < 1.29 is 9.66 Å². The van der Waals surface area contributed by atoms with Crippen LogP contribution in [-0.2, 0) is 0 Å². The summed E-state index contributed by atoms with van der Waals surface area (Å²) in [5.74, 6) is 0.343. The number of nitrogens with zero attached hydrogens (tertiary/aromatic N) is 1. The van der Waals surface area contributed by atoms with Crippen LogP contribution in [0.1, 0.15) is 25.8 Å². The van der Waals surface area contributed by atoms with Gasteiger partial charge in [0.1, 0.15) is 0 Å². The van der Waals surface area contributed by atoms with Crippen LogP contribution in [0.15, 0.2) is 18.2 Å². The highest BCUT2D eigenvalue weighted by molar-refractivity contribution is 5.48. The van der Waals surface area contributed by atoms with Gasteiger partial charge in [-0.05, 0) is 31.5 Å². The van der Waals surface area contributed by atoms with E-state index < -0.39 is 4.92 Å². The molecule has 1 aromatic rings. The van der Waals surface area contributed by atoms with Gasteiger partial charge in [-0.3, -0.25) is 10.1 Å². The highest BCUT2D eigenvalue weighted by Gasteiger charge is 2.14. The topological polar surface area (TPSA) is 64.4 Å². The van der Waals surface area contributed by atoms with E-state index in [1.165, 1.54) is 6.07 Å². The van der Waals surface area contributed by atoms with E-state index in [2.05, 4.69) is 19.2 Å². The molecule has 18 heavy (non-hydrogen) atoms. The minimum absolute atomic E-state index is 0.0341. The first-order valence-corrected chi connectivity index (χ1v) is 6.12. The van der Waals surface area contributed by atoms with Gasteiger partial charge in [0, 0.05) is 12.1 Å². The smallest absolute Gasteiger partial charge is 0.311 e. The Labute approximate surface area is 107 Å². The lowest BCUT2D eigenvalue weighted by atomic mass is 10.2. The van der Waals surface area contributed by atoms with Crippen LogP contribution in [0.2, 0.25) is 0 Å². The average molecular weight is 252 g/mol. The molecule has 0 atom stereocenters. The molecule has 0 spiro atoms. The lowest BCUT2D eigenvalue weighted by Crippen LogP contribution is -2.24. The maximum atomic E-state index is 10.9. The third-order valence-electron chi connectivity index (χ3n) is 2.44. The van der Waals surface area contributed by atoms with Crippen LogP contribution in [-0.4, -0.2) is 24.1 Å². The molecule has 100 valence electrons. The molecule has 0 heterocycles. The molecule has 0 aliphatic carbocycles. The summed E-state index contributed by atoms with van der Waals surface area (Å²) in [7, 11) is 0. The molecule has 0 aromatic heterocycles. The monoisotopic (exact) mass is 252 g/mol. The Morgan fingerprint density at radius 3 is 2.78 bits per heavy atom. The second-order valence-corrected chi connectivity index (χ2v) is 4.54. The predicted molar refractivity (Wildman–Crippen MR) is 71.1 cm³/mol. The van der Waals surface area contributed by atoms with E-state index in [4.69, 9.17) is 4.74 Å². The van der Waals surface area contributed by atoms with Crippen molar-refractivity contribution in [3.63, 3.8) is 0 Å². The SMILES string of the molecule is Cc1ccc(OCCCNC(C)C)c([N+](=O)[O-])c1. The fourth-order valence-corrected chi connectivity index (χ4v) is 1.54. The highest BCUT2D eigenvalue weighted by atomic mass is 16.6. The molecular weight excluding hydrogens is 232 g/mol. The summed E-state index contributed by atoms with van der Waals surface area (Å²) in [6.07, 6.45) is 0.823. The zero-order valence-electron chi connectivity index (χ0n) is 11.1. The van der Waals surface area contributed by atoms with Gasteiger partial charge in [0.25, 0.3) is 0 Å². The first-order chi connectivity index (χ1) is 8.50. The minimum Gasteiger partial charge on any atom is -0.487 e. The number of nitrogens with one attached hydrogen (secondary N) is 1. The summed E-state index contributed by atoms with van der Waals surface area (Å²) in [4.78, 5) is 10.5. The third-order valence-corrected chi connectivity index (χ3v) is 2.44. The molecule has 5 nitrogen and oxygen atoms in total. The van der Waals surface area contributed by atoms with Crippen LogP contribution in [0.5, 0.6) is 5.75 Å². The predicted octanol–water partition coefficient (Wildman–Crippen LogP) is 2.67. The molecule has 0 bridgehead atoms. The summed E-state index contributed by atoms with van der Waals surface area (Å²) in [5, 5.41) is 14.1. The number of nitro groups is 1. The molecule has 0 saturated heterocycles. The molecule has 0 amide bonds. The van der Waals surface area contributed by atoms with Crippen molar-refractivity contribution in [1.82, 2.24) is 5.32 Å². The van der Waals surface area contributed by atoms with Crippen molar-refractivity contribution in [2.45, 2.75) is 33.2 Å². The maximum Gasteiger partial charge on any atom is 0.311 e. The number of benzene rings is 1. The Morgan fingerprint density at radius 2 is 2.17 bits per heavy atom. The number of hydrogen-bond acceptors (Lipinski definition) is 4. The van der Waals surface area contributed by atoms with E-state index in [9.17, 15) is 10.1 Å². The van der Waals surface area contributed by atoms with E-state index in [0.717, 1.165) is 18.5 Å². The largest absolute Gasteiger partial charge is 0.487 e. The fraction of sp³-hybridized carbons (Fsp3) is 0.538. The average Bonchev–Trinajstić information content (AvgIpc) is 2.29. The molecular formula is C13H20N2O3. The highest BCUT2D eigenvalue weighted by Crippen LogP contribution is 2.27. The van der Waals surface area contributed by atoms with Gasteiger partial charge < -0.3 is 10.1 Å². The Balaban J connectivity index is 2.49. The van der Waals surface area contributed by atoms with E-state index >= 15 is 0 Å². The van der Waals surface area contributed by atoms with Gasteiger partial charge in [-0.1, -0.05) is 19.9 Å². The van der Waals surface area contributed by atoms with Crippen molar-refractivity contribution in [3.05, 3.63) is 33.9 Å². The van der Waals surface area contributed by atoms with Crippen molar-refractivity contribution >= 4 is 5.69 Å². The number of ether oxygens (including phenoxy) is 1. The van der Waals surface area contributed by atoms with E-state index in [0.29, 0.717) is 18.4 Å². The van der Waals surface area contributed by atoms with Crippen LogP contribution in [0.4, 0.5) is 5.69 Å². The van der Waals surface area contributed by atoms with Crippen molar-refractivity contribution in [3.8, 4) is 5.75 Å². The standard InChI is InChI=1S/C13H20N2O3/c1-10(2)14-7-4-8-18-13-6-5-11(3)9-12(13)15(16)17/h5-6,9-10,14H,4,7-8H2,1-3H3. The molecule has 0 aliphatic heterocycles. The van der Waals surface area contributed by atoms with Crippen LogP contribution >= 0.6 is 0 Å². The number of aryl methyl sites for hydroxylation is 1. The van der Waals surface area contributed by atoms with Crippen molar-refractivity contribution in [2.75, 3.05) is 13.2 Å². The van der Waals surface area contributed by atoms with Gasteiger partial charge in [-0.25, -0.2) is 0 Å². The first-order valence-electron chi connectivity index (χ1n) is 6.12. The zero-order chi connectivity index (χ0) is 13.5. The Kier molecular flexibility index (Phi) is 5.58. The molecule has 1 aromatic carbocycles. The Morgan fingerprint density at radius 1 is 1.44 bits per heavy atom. The quantitative estimate of drug-likeness (QED) is 0.460. The number of rotatable bonds is 7. The van der Waals surface area contributed by atoms with Crippen LogP contribution in [0.25, 0.3) is 0 Å². The van der Waals surface area contributed by atoms with E-state index in [1.807, 2.05) is 13.0 Å². The molecule has 5 heteroatoms. The normalized spacial score (nSPS) is 10.7. The summed E-state index contributed by atoms with van der Waals surface area (Å²) in [5.41, 5.74) is 0.891. The Hall–Kier alpha value is -1.62. The Bertz CT molecular complexity index is 405. The molecule has 0 saturated carbocycles. The van der Waals surface area contributed by atoms with Crippen LogP contribution in [0, 0.1) is 17.0 Å². The van der Waals surface area contributed by atoms with Crippen molar-refractivity contribution in [1.29, 1.82) is 0 Å². The molecule has 1 rings (SSSR count). The van der Waals surface area contributed by atoms with Gasteiger partial charge in [0.15, 0.2) is 5.75 Å². The fourth-order valence-electron chi connectivity index (χ4n) is 1.54. The maximum absolute atomic E-state index is 10.9. The number of hydrogen-bond donors (Lipinski definition) is 1. The molecule has 0 unspecified atom stereocenters. The summed E-state index contributed by atoms with van der Waals surface area (Å²) in [6.45, 7) is 7.29. The van der Waals surface area contributed by atoms with Gasteiger partial charge in [0.2, 0.25) is 0 Å². The van der Waals surface area contributed by atoms with Crippen LogP contribution in [0.3, 0.4) is 0 Å². The molecule has 0 fully saturated rings. The first kappa shape index (κ1) is 14.4. The van der Waals surface area contributed by atoms with Gasteiger partial charge in [-0.2, -0.15) is 0 Å². The molecule has 0 radical (unpaired) electrons. The summed E-state index contributed by atoms with van der Waals surface area (Å²) in [6, 6.07) is 5.44. The summed E-state index contributed by atoms with van der Waals surface area (Å²) >= 11 is 0. The second-order valence-electron chi connectivity index (χ2n) is 4.54. The zero-order valence-corrected chi connectivity index (χ0v) is 11.1.